The van der Waals surface area contributed by atoms with Gasteiger partial charge in [0.15, 0.2) is 0 Å². The smallest absolute Gasteiger partial charge is 0.335 e. The summed E-state index contributed by atoms with van der Waals surface area (Å²) in [6, 6.07) is 6.69. The Labute approximate surface area is 152 Å². The van der Waals surface area contributed by atoms with E-state index < -0.39 is 21.1 Å². The molecule has 2 aromatic rings. The number of nitrogens with one attached hydrogen (secondary N) is 1. The number of rotatable bonds is 8. The van der Waals surface area contributed by atoms with Crippen molar-refractivity contribution >= 4 is 15.7 Å². The van der Waals surface area contributed by atoms with Crippen molar-refractivity contribution in [2.45, 2.75) is 38.5 Å². The standard InChI is InChI=1S/C17H23N3O5S/c1-5-24-13-8-6-12(7-9-13)10-14(21)18-15(11(2)3)16-19-20-17(25-16)26(4,22)23/h6-9,11,15H,5,10H2,1-4H3,(H,18,21)/t15-/m0/s1. The number of benzene rings is 1. The molecule has 0 unspecified atom stereocenters. The minimum Gasteiger partial charge on any atom is -0.494 e. The van der Waals surface area contributed by atoms with Crippen molar-refractivity contribution in [3.8, 4) is 5.75 Å². The van der Waals surface area contributed by atoms with Crippen LogP contribution < -0.4 is 10.1 Å². The molecule has 0 aliphatic rings. The predicted octanol–water partition coefficient (Wildman–Crippen LogP) is 1.93. The van der Waals surface area contributed by atoms with Gasteiger partial charge in [0, 0.05) is 6.26 Å². The fraction of sp³-hybridized carbons (Fsp3) is 0.471. The van der Waals surface area contributed by atoms with E-state index in [0.29, 0.717) is 6.61 Å². The zero-order valence-electron chi connectivity index (χ0n) is 15.2. The van der Waals surface area contributed by atoms with Gasteiger partial charge in [0.05, 0.1) is 13.0 Å². The molecule has 0 spiro atoms. The SMILES string of the molecule is CCOc1ccc(CC(=O)N[C@H](c2nnc(S(C)(=O)=O)o2)C(C)C)cc1. The molecule has 0 saturated heterocycles. The Morgan fingerprint density at radius 3 is 2.38 bits per heavy atom. The number of carbonyl (C=O) groups is 1. The van der Waals surface area contributed by atoms with Crippen LogP contribution in [-0.2, 0) is 21.1 Å². The first-order valence-electron chi connectivity index (χ1n) is 8.25. The molecule has 0 aliphatic carbocycles. The minimum atomic E-state index is -3.59. The monoisotopic (exact) mass is 381 g/mol. The molecule has 0 bridgehead atoms. The molecule has 0 radical (unpaired) electrons. The summed E-state index contributed by atoms with van der Waals surface area (Å²) in [5, 5.41) is 9.67. The highest BCUT2D eigenvalue weighted by atomic mass is 32.2. The number of carbonyl (C=O) groups excluding carboxylic acids is 1. The van der Waals surface area contributed by atoms with E-state index in [0.717, 1.165) is 17.6 Å². The second kappa shape index (κ2) is 8.31. The first-order valence-corrected chi connectivity index (χ1v) is 10.1. The third-order valence-electron chi connectivity index (χ3n) is 3.59. The van der Waals surface area contributed by atoms with E-state index in [1.54, 1.807) is 0 Å². The first kappa shape index (κ1) is 19.9. The lowest BCUT2D eigenvalue weighted by molar-refractivity contribution is -0.121. The van der Waals surface area contributed by atoms with E-state index in [1.807, 2.05) is 45.0 Å². The van der Waals surface area contributed by atoms with Crippen LogP contribution in [0.15, 0.2) is 33.9 Å². The predicted molar refractivity (Wildman–Crippen MR) is 94.4 cm³/mol. The van der Waals surface area contributed by atoms with Gasteiger partial charge < -0.3 is 14.5 Å². The van der Waals surface area contributed by atoms with Gasteiger partial charge in [-0.15, -0.1) is 5.10 Å². The highest BCUT2D eigenvalue weighted by Gasteiger charge is 2.26. The average molecular weight is 381 g/mol. The van der Waals surface area contributed by atoms with Gasteiger partial charge >= 0.3 is 5.22 Å². The summed E-state index contributed by atoms with van der Waals surface area (Å²) in [7, 11) is -3.59. The van der Waals surface area contributed by atoms with Gasteiger partial charge in [-0.1, -0.05) is 31.1 Å². The molecule has 26 heavy (non-hydrogen) atoms. The van der Waals surface area contributed by atoms with Crippen LogP contribution in [0, 0.1) is 5.92 Å². The van der Waals surface area contributed by atoms with Crippen LogP contribution in [-0.4, -0.2) is 37.4 Å². The van der Waals surface area contributed by atoms with Crippen LogP contribution in [0.4, 0.5) is 0 Å². The molecule has 1 N–H and O–H groups in total. The van der Waals surface area contributed by atoms with Crippen LogP contribution >= 0.6 is 0 Å². The quantitative estimate of drug-likeness (QED) is 0.743. The lowest BCUT2D eigenvalue weighted by Crippen LogP contribution is -2.33. The Bertz CT molecular complexity index is 844. The Morgan fingerprint density at radius 2 is 1.88 bits per heavy atom. The largest absolute Gasteiger partial charge is 0.494 e. The number of nitrogens with zero attached hydrogens (tertiary/aromatic N) is 2. The summed E-state index contributed by atoms with van der Waals surface area (Å²) in [6.07, 6.45) is 1.15. The lowest BCUT2D eigenvalue weighted by Gasteiger charge is -2.18. The Balaban J connectivity index is 2.07. The van der Waals surface area contributed by atoms with E-state index in [4.69, 9.17) is 9.15 Å². The molecule has 2 rings (SSSR count). The average Bonchev–Trinajstić information content (AvgIpc) is 3.04. The molecule has 1 atom stereocenters. The summed E-state index contributed by atoms with van der Waals surface area (Å²) in [4.78, 5) is 12.4. The van der Waals surface area contributed by atoms with Gasteiger partial charge in [0.2, 0.25) is 21.6 Å². The number of hydrogen-bond donors (Lipinski definition) is 1. The van der Waals surface area contributed by atoms with Crippen molar-refractivity contribution in [1.82, 2.24) is 15.5 Å². The molecule has 1 heterocycles. The highest BCUT2D eigenvalue weighted by molar-refractivity contribution is 7.90. The first-order chi connectivity index (χ1) is 12.2. The number of amides is 1. The molecular weight excluding hydrogens is 358 g/mol. The fourth-order valence-electron chi connectivity index (χ4n) is 2.29. The van der Waals surface area contributed by atoms with Crippen LogP contribution in [0.5, 0.6) is 5.75 Å². The molecule has 8 nitrogen and oxygen atoms in total. The van der Waals surface area contributed by atoms with Gasteiger partial charge in [0.25, 0.3) is 0 Å². The molecule has 0 aliphatic heterocycles. The highest BCUT2D eigenvalue weighted by Crippen LogP contribution is 2.22. The normalized spacial score (nSPS) is 12.8. The van der Waals surface area contributed by atoms with Gasteiger partial charge in [-0.3, -0.25) is 4.79 Å². The molecular formula is C17H23N3O5S. The van der Waals surface area contributed by atoms with Gasteiger partial charge in [-0.05, 0) is 30.5 Å². The summed E-state index contributed by atoms with van der Waals surface area (Å²) in [5.74, 6) is 0.524. The van der Waals surface area contributed by atoms with Crippen molar-refractivity contribution in [3.05, 3.63) is 35.7 Å². The van der Waals surface area contributed by atoms with E-state index in [1.165, 1.54) is 0 Å². The zero-order chi connectivity index (χ0) is 19.3. The van der Waals surface area contributed by atoms with Crippen LogP contribution in [0.3, 0.4) is 0 Å². The molecule has 142 valence electrons. The Kier molecular flexibility index (Phi) is 6.36. The van der Waals surface area contributed by atoms with E-state index in [-0.39, 0.29) is 24.1 Å². The Hall–Kier alpha value is -2.42. The molecule has 1 amide bonds. The molecule has 0 fully saturated rings. The van der Waals surface area contributed by atoms with E-state index in [9.17, 15) is 13.2 Å². The third kappa shape index (κ3) is 5.29. The van der Waals surface area contributed by atoms with E-state index >= 15 is 0 Å². The second-order valence-electron chi connectivity index (χ2n) is 6.22. The summed E-state index contributed by atoms with van der Waals surface area (Å²) in [6.45, 7) is 6.22. The zero-order valence-corrected chi connectivity index (χ0v) is 16.0. The lowest BCUT2D eigenvalue weighted by atomic mass is 10.0. The maximum Gasteiger partial charge on any atom is 0.335 e. The topological polar surface area (TPSA) is 111 Å². The number of sulfone groups is 1. The van der Waals surface area contributed by atoms with Crippen molar-refractivity contribution < 1.29 is 22.4 Å². The Morgan fingerprint density at radius 1 is 1.23 bits per heavy atom. The minimum absolute atomic E-state index is 0.0628. The van der Waals surface area contributed by atoms with Crippen molar-refractivity contribution in [2.75, 3.05) is 12.9 Å². The van der Waals surface area contributed by atoms with Gasteiger partial charge in [0.1, 0.15) is 11.8 Å². The van der Waals surface area contributed by atoms with Crippen LogP contribution in [0.2, 0.25) is 0 Å². The maximum absolute atomic E-state index is 12.4. The third-order valence-corrected chi connectivity index (χ3v) is 4.39. The maximum atomic E-state index is 12.4. The number of hydrogen-bond acceptors (Lipinski definition) is 7. The summed E-state index contributed by atoms with van der Waals surface area (Å²) < 4.78 is 33.6. The molecule has 0 saturated carbocycles. The summed E-state index contributed by atoms with van der Waals surface area (Å²) >= 11 is 0. The van der Waals surface area contributed by atoms with Crippen molar-refractivity contribution in [2.24, 2.45) is 5.92 Å². The molecule has 1 aromatic carbocycles. The van der Waals surface area contributed by atoms with Gasteiger partial charge in [-0.2, -0.15) is 0 Å². The van der Waals surface area contributed by atoms with E-state index in [2.05, 4.69) is 15.5 Å². The van der Waals surface area contributed by atoms with Crippen LogP contribution in [0.25, 0.3) is 0 Å². The van der Waals surface area contributed by atoms with Crippen molar-refractivity contribution in [1.29, 1.82) is 0 Å². The van der Waals surface area contributed by atoms with Crippen molar-refractivity contribution in [3.63, 3.8) is 0 Å². The molecule has 9 heteroatoms. The summed E-state index contributed by atoms with van der Waals surface area (Å²) in [5.41, 5.74) is 0.829. The number of ether oxygens (including phenoxy) is 1. The molecule has 1 aromatic heterocycles. The second-order valence-corrected chi connectivity index (χ2v) is 8.11. The number of aromatic nitrogens is 2. The van der Waals surface area contributed by atoms with Gasteiger partial charge in [-0.25, -0.2) is 8.42 Å². The van der Waals surface area contributed by atoms with Crippen LogP contribution in [0.1, 0.15) is 38.3 Å². The fourth-order valence-corrected chi connectivity index (χ4v) is 2.72.